The maximum absolute atomic E-state index is 12.7. The fourth-order valence-corrected chi connectivity index (χ4v) is 3.94. The van der Waals surface area contributed by atoms with E-state index in [0.717, 1.165) is 12.8 Å². The third kappa shape index (κ3) is 4.82. The number of amides is 2. The van der Waals surface area contributed by atoms with Crippen molar-refractivity contribution >= 4 is 11.8 Å². The van der Waals surface area contributed by atoms with Gasteiger partial charge in [0.05, 0.1) is 0 Å². The number of nitrogens with one attached hydrogen (secondary N) is 2. The SMILES string of the molecule is CC(C)(C)NC(=O)CC[C@@H]1[C@@H](C(=O)NC(C)(C)C)[C@H]2C=C[C@H]1C2. The predicted octanol–water partition coefficient (Wildman–Crippen LogP) is 3.03. The first-order chi connectivity index (χ1) is 10.5. The van der Waals surface area contributed by atoms with Gasteiger partial charge in [0.25, 0.3) is 0 Å². The molecule has 0 aromatic rings. The molecule has 0 aromatic carbocycles. The molecular formula is C19H32N2O2. The molecule has 23 heavy (non-hydrogen) atoms. The van der Waals surface area contributed by atoms with Crippen LogP contribution in [0.2, 0.25) is 0 Å². The van der Waals surface area contributed by atoms with Crippen molar-refractivity contribution in [3.8, 4) is 0 Å². The standard InChI is InChI=1S/C19H32N2O2/c1-18(2,3)20-15(22)10-9-14-12-7-8-13(11-12)16(14)17(23)21-19(4,5)6/h7-8,12-14,16H,9-11H2,1-6H3,(H,20,22)(H,21,23)/t12-,13-,14-,16-/m0/s1. The highest BCUT2D eigenvalue weighted by molar-refractivity contribution is 5.81. The van der Waals surface area contributed by atoms with Gasteiger partial charge >= 0.3 is 0 Å². The lowest BCUT2D eigenvalue weighted by Crippen LogP contribution is -2.47. The number of fused-ring (bicyclic) bond motifs is 2. The minimum absolute atomic E-state index is 0.0201. The normalized spacial score (nSPS) is 29.7. The van der Waals surface area contributed by atoms with E-state index in [4.69, 9.17) is 0 Å². The van der Waals surface area contributed by atoms with E-state index in [1.807, 2.05) is 41.5 Å². The second kappa shape index (κ2) is 6.29. The van der Waals surface area contributed by atoms with Gasteiger partial charge in [-0.25, -0.2) is 0 Å². The van der Waals surface area contributed by atoms with Crippen molar-refractivity contribution in [2.45, 2.75) is 71.9 Å². The summed E-state index contributed by atoms with van der Waals surface area (Å²) >= 11 is 0. The molecule has 1 saturated carbocycles. The number of hydrogen-bond donors (Lipinski definition) is 2. The van der Waals surface area contributed by atoms with Crippen LogP contribution in [0.1, 0.15) is 60.8 Å². The van der Waals surface area contributed by atoms with Crippen LogP contribution in [0, 0.1) is 23.7 Å². The van der Waals surface area contributed by atoms with Gasteiger partial charge in [-0.3, -0.25) is 9.59 Å². The largest absolute Gasteiger partial charge is 0.352 e. The summed E-state index contributed by atoms with van der Waals surface area (Å²) in [5.41, 5.74) is -0.411. The summed E-state index contributed by atoms with van der Waals surface area (Å²) in [4.78, 5) is 24.8. The van der Waals surface area contributed by atoms with Crippen molar-refractivity contribution in [2.24, 2.45) is 23.7 Å². The summed E-state index contributed by atoms with van der Waals surface area (Å²) in [5.74, 6) is 1.34. The lowest BCUT2D eigenvalue weighted by molar-refractivity contribution is -0.129. The molecule has 0 radical (unpaired) electrons. The highest BCUT2D eigenvalue weighted by atomic mass is 16.2. The zero-order valence-electron chi connectivity index (χ0n) is 15.4. The molecule has 1 fully saturated rings. The Labute approximate surface area is 140 Å². The van der Waals surface area contributed by atoms with Crippen molar-refractivity contribution < 1.29 is 9.59 Å². The highest BCUT2D eigenvalue weighted by Crippen LogP contribution is 2.50. The van der Waals surface area contributed by atoms with Crippen LogP contribution < -0.4 is 10.6 Å². The third-order valence-electron chi connectivity index (χ3n) is 4.64. The minimum atomic E-state index is -0.212. The fraction of sp³-hybridized carbons (Fsp3) is 0.789. The maximum atomic E-state index is 12.7. The van der Waals surface area contributed by atoms with Crippen LogP contribution in [0.25, 0.3) is 0 Å². The molecule has 4 atom stereocenters. The number of allylic oxidation sites excluding steroid dienone is 2. The van der Waals surface area contributed by atoms with Crippen LogP contribution in [-0.4, -0.2) is 22.9 Å². The van der Waals surface area contributed by atoms with Gasteiger partial charge in [-0.2, -0.15) is 0 Å². The lowest BCUT2D eigenvalue weighted by Gasteiger charge is -2.31. The van der Waals surface area contributed by atoms with Gasteiger partial charge in [0.15, 0.2) is 0 Å². The van der Waals surface area contributed by atoms with Crippen LogP contribution in [0.5, 0.6) is 0 Å². The van der Waals surface area contributed by atoms with E-state index in [2.05, 4.69) is 22.8 Å². The second-order valence-corrected chi connectivity index (χ2v) is 9.21. The van der Waals surface area contributed by atoms with Gasteiger partial charge in [0, 0.05) is 23.4 Å². The number of hydrogen-bond acceptors (Lipinski definition) is 2. The topological polar surface area (TPSA) is 58.2 Å². The van der Waals surface area contributed by atoms with Gasteiger partial charge in [-0.1, -0.05) is 12.2 Å². The summed E-state index contributed by atoms with van der Waals surface area (Å²) in [6, 6.07) is 0. The Morgan fingerprint density at radius 2 is 1.52 bits per heavy atom. The molecule has 4 heteroatoms. The fourth-order valence-electron chi connectivity index (χ4n) is 3.94. The van der Waals surface area contributed by atoms with Crippen LogP contribution in [-0.2, 0) is 9.59 Å². The number of carbonyl (C=O) groups is 2. The van der Waals surface area contributed by atoms with Crippen molar-refractivity contribution in [1.82, 2.24) is 10.6 Å². The summed E-state index contributed by atoms with van der Waals surface area (Å²) in [6.07, 6.45) is 6.79. The van der Waals surface area contributed by atoms with Crippen LogP contribution >= 0.6 is 0 Å². The average Bonchev–Trinajstić information content (AvgIpc) is 2.91. The van der Waals surface area contributed by atoms with E-state index in [9.17, 15) is 9.59 Å². The van der Waals surface area contributed by atoms with E-state index < -0.39 is 0 Å². The molecule has 2 rings (SSSR count). The van der Waals surface area contributed by atoms with Crippen molar-refractivity contribution in [3.63, 3.8) is 0 Å². The molecule has 4 nitrogen and oxygen atoms in total. The molecule has 0 saturated heterocycles. The Kier molecular flexibility index (Phi) is 4.93. The number of rotatable bonds is 4. The minimum Gasteiger partial charge on any atom is -0.352 e. The van der Waals surface area contributed by atoms with Crippen LogP contribution in [0.3, 0.4) is 0 Å². The second-order valence-electron chi connectivity index (χ2n) is 9.21. The molecule has 2 aliphatic rings. The summed E-state index contributed by atoms with van der Waals surface area (Å²) in [5, 5.41) is 6.14. The van der Waals surface area contributed by atoms with E-state index in [-0.39, 0.29) is 34.7 Å². The third-order valence-corrected chi connectivity index (χ3v) is 4.64. The van der Waals surface area contributed by atoms with E-state index in [1.54, 1.807) is 0 Å². The van der Waals surface area contributed by atoms with E-state index in [0.29, 0.717) is 18.3 Å². The molecule has 130 valence electrons. The predicted molar refractivity (Wildman–Crippen MR) is 92.7 cm³/mol. The zero-order chi connectivity index (χ0) is 17.4. The smallest absolute Gasteiger partial charge is 0.224 e. The lowest BCUT2D eigenvalue weighted by atomic mass is 9.79. The Morgan fingerprint density at radius 3 is 2.09 bits per heavy atom. The molecule has 0 unspecified atom stereocenters. The van der Waals surface area contributed by atoms with Gasteiger partial charge < -0.3 is 10.6 Å². The number of carbonyl (C=O) groups excluding carboxylic acids is 2. The summed E-state index contributed by atoms with van der Waals surface area (Å²) in [6.45, 7) is 12.0. The average molecular weight is 320 g/mol. The molecule has 0 heterocycles. The molecule has 2 bridgehead atoms. The first-order valence-corrected chi connectivity index (χ1v) is 8.78. The first kappa shape index (κ1) is 18.0. The van der Waals surface area contributed by atoms with Crippen LogP contribution in [0.4, 0.5) is 0 Å². The Balaban J connectivity index is 1.98. The molecular weight excluding hydrogens is 288 g/mol. The molecule has 2 N–H and O–H groups in total. The molecule has 0 spiro atoms. The zero-order valence-corrected chi connectivity index (χ0v) is 15.4. The van der Waals surface area contributed by atoms with Crippen molar-refractivity contribution in [2.75, 3.05) is 0 Å². The van der Waals surface area contributed by atoms with Gasteiger partial charge in [-0.15, -0.1) is 0 Å². The van der Waals surface area contributed by atoms with E-state index >= 15 is 0 Å². The molecule has 0 aromatic heterocycles. The van der Waals surface area contributed by atoms with Gasteiger partial charge in [0.1, 0.15) is 0 Å². The Hall–Kier alpha value is -1.32. The first-order valence-electron chi connectivity index (χ1n) is 8.78. The Morgan fingerprint density at radius 1 is 0.957 bits per heavy atom. The molecule has 2 aliphatic carbocycles. The molecule has 2 amide bonds. The van der Waals surface area contributed by atoms with Gasteiger partial charge in [0.2, 0.25) is 11.8 Å². The van der Waals surface area contributed by atoms with Crippen LogP contribution in [0.15, 0.2) is 12.2 Å². The van der Waals surface area contributed by atoms with Gasteiger partial charge in [-0.05, 0) is 72.1 Å². The Bertz CT molecular complexity index is 496. The van der Waals surface area contributed by atoms with Crippen molar-refractivity contribution in [3.05, 3.63) is 12.2 Å². The monoisotopic (exact) mass is 320 g/mol. The summed E-state index contributed by atoms with van der Waals surface area (Å²) in [7, 11) is 0. The maximum Gasteiger partial charge on any atom is 0.224 e. The summed E-state index contributed by atoms with van der Waals surface area (Å²) < 4.78 is 0. The van der Waals surface area contributed by atoms with E-state index in [1.165, 1.54) is 0 Å². The quantitative estimate of drug-likeness (QED) is 0.782. The molecule has 0 aliphatic heterocycles. The van der Waals surface area contributed by atoms with Crippen molar-refractivity contribution in [1.29, 1.82) is 0 Å². The highest BCUT2D eigenvalue weighted by Gasteiger charge is 2.48.